The predicted octanol–water partition coefficient (Wildman–Crippen LogP) is 0.534. The van der Waals surface area contributed by atoms with Gasteiger partial charge in [-0.15, -0.1) is 0 Å². The summed E-state index contributed by atoms with van der Waals surface area (Å²) in [5.41, 5.74) is 1.13. The average molecular weight is 232 g/mol. The van der Waals surface area contributed by atoms with Crippen LogP contribution in [0.5, 0.6) is 0 Å². The number of hydrogen-bond acceptors (Lipinski definition) is 3. The van der Waals surface area contributed by atoms with Gasteiger partial charge in [0.05, 0.1) is 0 Å². The largest absolute Gasteiger partial charge is 0.290 e. The van der Waals surface area contributed by atoms with Crippen molar-refractivity contribution in [3.63, 3.8) is 0 Å². The SMILES string of the molecule is CC(C)(C)c1cc[n+](C2C(=O)C(=O)C2=O)cc1. The molecule has 88 valence electrons. The number of nitrogens with zero attached hydrogens (tertiary/aromatic N) is 1. The molecule has 0 atom stereocenters. The maximum Gasteiger partial charge on any atom is 0.290 e. The van der Waals surface area contributed by atoms with Gasteiger partial charge in [-0.25, -0.2) is 0 Å². The Morgan fingerprint density at radius 1 is 1.00 bits per heavy atom. The molecule has 0 bridgehead atoms. The van der Waals surface area contributed by atoms with Gasteiger partial charge in [-0.05, 0) is 11.0 Å². The molecule has 1 heterocycles. The fraction of sp³-hybridized carbons (Fsp3) is 0.385. The third-order valence-electron chi connectivity index (χ3n) is 2.96. The van der Waals surface area contributed by atoms with Crippen LogP contribution in [0.2, 0.25) is 0 Å². The Morgan fingerprint density at radius 2 is 1.47 bits per heavy atom. The zero-order valence-electron chi connectivity index (χ0n) is 10.1. The molecule has 1 fully saturated rings. The molecule has 0 aromatic carbocycles. The van der Waals surface area contributed by atoms with Crippen LogP contribution in [0.1, 0.15) is 32.4 Å². The second kappa shape index (κ2) is 3.58. The number of carbonyl (C=O) groups excluding carboxylic acids is 3. The zero-order valence-corrected chi connectivity index (χ0v) is 10.1. The second-order valence-electron chi connectivity index (χ2n) is 5.24. The number of carbonyl (C=O) groups is 3. The highest BCUT2D eigenvalue weighted by Crippen LogP contribution is 2.21. The lowest BCUT2D eigenvalue weighted by molar-refractivity contribution is -0.696. The van der Waals surface area contributed by atoms with Crippen molar-refractivity contribution in [2.45, 2.75) is 32.2 Å². The minimum Gasteiger partial charge on any atom is -0.282 e. The molecule has 0 spiro atoms. The molecule has 1 aromatic rings. The normalized spacial score (nSPS) is 17.2. The monoisotopic (exact) mass is 232 g/mol. The first-order valence-corrected chi connectivity index (χ1v) is 5.46. The van der Waals surface area contributed by atoms with Crippen LogP contribution in [0.3, 0.4) is 0 Å². The number of pyridine rings is 1. The van der Waals surface area contributed by atoms with E-state index in [1.165, 1.54) is 4.57 Å². The van der Waals surface area contributed by atoms with Gasteiger partial charge in [0.1, 0.15) is 0 Å². The molecule has 2 rings (SSSR count). The molecule has 17 heavy (non-hydrogen) atoms. The van der Waals surface area contributed by atoms with Crippen molar-refractivity contribution in [2.75, 3.05) is 0 Å². The average Bonchev–Trinajstić information content (AvgIpc) is 2.28. The Balaban J connectivity index is 2.29. The Morgan fingerprint density at radius 3 is 1.88 bits per heavy atom. The molecule has 4 heteroatoms. The Labute approximate surface area is 99.3 Å². The van der Waals surface area contributed by atoms with Crippen molar-refractivity contribution in [2.24, 2.45) is 0 Å². The first-order valence-electron chi connectivity index (χ1n) is 5.46. The number of Topliss-reactive ketones (excluding diaryl/α,β-unsaturated/α-hetero) is 3. The zero-order chi connectivity index (χ0) is 12.8. The fourth-order valence-corrected chi connectivity index (χ4v) is 1.79. The minimum absolute atomic E-state index is 0.0164. The lowest BCUT2D eigenvalue weighted by atomic mass is 9.86. The van der Waals surface area contributed by atoms with Gasteiger partial charge in [0.15, 0.2) is 12.4 Å². The minimum atomic E-state index is -0.934. The number of aromatic nitrogens is 1. The maximum atomic E-state index is 11.3. The third kappa shape index (κ3) is 1.79. The van der Waals surface area contributed by atoms with Crippen molar-refractivity contribution < 1.29 is 19.0 Å². The van der Waals surface area contributed by atoms with E-state index < -0.39 is 23.4 Å². The summed E-state index contributed by atoms with van der Waals surface area (Å²) in [6, 6.07) is 2.80. The van der Waals surface area contributed by atoms with E-state index >= 15 is 0 Å². The van der Waals surface area contributed by atoms with E-state index in [1.54, 1.807) is 12.4 Å². The highest BCUT2D eigenvalue weighted by molar-refractivity contribution is 6.77. The molecule has 0 amide bonds. The van der Waals surface area contributed by atoms with Gasteiger partial charge in [-0.3, -0.25) is 14.4 Å². The Hall–Kier alpha value is -1.84. The Bertz CT molecular complexity index is 490. The van der Waals surface area contributed by atoms with Gasteiger partial charge < -0.3 is 0 Å². The maximum absolute atomic E-state index is 11.3. The van der Waals surface area contributed by atoms with Crippen LogP contribution in [0.15, 0.2) is 24.5 Å². The van der Waals surface area contributed by atoms with Gasteiger partial charge in [0, 0.05) is 12.1 Å². The van der Waals surface area contributed by atoms with E-state index in [9.17, 15) is 14.4 Å². The molecule has 0 unspecified atom stereocenters. The van der Waals surface area contributed by atoms with Crippen LogP contribution in [0.25, 0.3) is 0 Å². The topological polar surface area (TPSA) is 55.1 Å². The molecule has 1 aliphatic carbocycles. The summed E-state index contributed by atoms with van der Waals surface area (Å²) in [6.45, 7) is 6.24. The van der Waals surface area contributed by atoms with Crippen molar-refractivity contribution in [3.05, 3.63) is 30.1 Å². The van der Waals surface area contributed by atoms with Crippen molar-refractivity contribution in [1.82, 2.24) is 0 Å². The summed E-state index contributed by atoms with van der Waals surface area (Å²) >= 11 is 0. The van der Waals surface area contributed by atoms with E-state index in [1.807, 2.05) is 12.1 Å². The van der Waals surface area contributed by atoms with Crippen LogP contribution >= 0.6 is 0 Å². The molecular formula is C13H14NO3+. The van der Waals surface area contributed by atoms with Gasteiger partial charge in [-0.2, -0.15) is 4.57 Å². The third-order valence-corrected chi connectivity index (χ3v) is 2.96. The standard InChI is InChI=1S/C13H14NO3/c1-13(2,3)8-4-6-14(7-5-8)9-10(15)12(17)11(9)16/h4-7,9H,1-3H3/q+1. The van der Waals surface area contributed by atoms with Crippen LogP contribution in [-0.2, 0) is 19.8 Å². The van der Waals surface area contributed by atoms with E-state index in [-0.39, 0.29) is 5.41 Å². The van der Waals surface area contributed by atoms with Gasteiger partial charge in [0.25, 0.3) is 23.4 Å². The van der Waals surface area contributed by atoms with E-state index in [0.29, 0.717) is 0 Å². The Kier molecular flexibility index (Phi) is 2.45. The van der Waals surface area contributed by atoms with Crippen molar-refractivity contribution in [1.29, 1.82) is 0 Å². The summed E-state index contributed by atoms with van der Waals surface area (Å²) in [4.78, 5) is 33.4. The van der Waals surface area contributed by atoms with Crippen molar-refractivity contribution in [3.8, 4) is 0 Å². The van der Waals surface area contributed by atoms with Crippen LogP contribution in [0, 0.1) is 0 Å². The smallest absolute Gasteiger partial charge is 0.282 e. The molecule has 0 radical (unpaired) electrons. The molecule has 1 aromatic heterocycles. The first-order chi connectivity index (χ1) is 7.82. The number of ketones is 3. The number of hydrogen-bond donors (Lipinski definition) is 0. The lowest BCUT2D eigenvalue weighted by Gasteiger charge is -2.19. The summed E-state index contributed by atoms with van der Waals surface area (Å²) < 4.78 is 1.49. The highest BCUT2D eigenvalue weighted by atomic mass is 16.2. The molecule has 1 saturated carbocycles. The lowest BCUT2D eigenvalue weighted by Crippen LogP contribution is -2.61. The van der Waals surface area contributed by atoms with Crippen LogP contribution in [0.4, 0.5) is 0 Å². The van der Waals surface area contributed by atoms with Gasteiger partial charge in [-0.1, -0.05) is 20.8 Å². The fourth-order valence-electron chi connectivity index (χ4n) is 1.79. The summed E-state index contributed by atoms with van der Waals surface area (Å²) in [5.74, 6) is -2.13. The summed E-state index contributed by atoms with van der Waals surface area (Å²) in [7, 11) is 0. The molecule has 0 aliphatic heterocycles. The second-order valence-corrected chi connectivity index (χ2v) is 5.24. The highest BCUT2D eigenvalue weighted by Gasteiger charge is 2.55. The molecular weight excluding hydrogens is 218 g/mol. The first kappa shape index (κ1) is 11.6. The summed E-state index contributed by atoms with van der Waals surface area (Å²) in [5, 5.41) is 0. The van der Waals surface area contributed by atoms with E-state index in [0.717, 1.165) is 5.56 Å². The summed E-state index contributed by atoms with van der Waals surface area (Å²) in [6.07, 6.45) is 3.35. The molecule has 0 saturated heterocycles. The van der Waals surface area contributed by atoms with Crippen LogP contribution < -0.4 is 4.57 Å². The molecule has 0 N–H and O–H groups in total. The van der Waals surface area contributed by atoms with Gasteiger partial charge in [0.2, 0.25) is 0 Å². The van der Waals surface area contributed by atoms with Crippen LogP contribution in [-0.4, -0.2) is 17.3 Å². The van der Waals surface area contributed by atoms with E-state index in [4.69, 9.17) is 0 Å². The number of rotatable bonds is 1. The molecule has 4 nitrogen and oxygen atoms in total. The van der Waals surface area contributed by atoms with E-state index in [2.05, 4.69) is 20.8 Å². The quantitative estimate of drug-likeness (QED) is 0.403. The van der Waals surface area contributed by atoms with Gasteiger partial charge >= 0.3 is 0 Å². The molecule has 1 aliphatic rings. The van der Waals surface area contributed by atoms with Crippen molar-refractivity contribution >= 4 is 17.3 Å². The predicted molar refractivity (Wildman–Crippen MR) is 59.4 cm³/mol.